The van der Waals surface area contributed by atoms with Crippen molar-refractivity contribution in [3.63, 3.8) is 0 Å². The molecule has 0 saturated heterocycles. The Labute approximate surface area is 144 Å². The summed E-state index contributed by atoms with van der Waals surface area (Å²) >= 11 is 0. The summed E-state index contributed by atoms with van der Waals surface area (Å²) in [4.78, 5) is 38.2. The third-order valence-corrected chi connectivity index (χ3v) is 6.17. The molecule has 0 heterocycles. The summed E-state index contributed by atoms with van der Waals surface area (Å²) in [6.45, 7) is 1.95. The van der Waals surface area contributed by atoms with E-state index in [0.717, 1.165) is 22.3 Å². The Morgan fingerprint density at radius 3 is 2.04 bits per heavy atom. The summed E-state index contributed by atoms with van der Waals surface area (Å²) in [5.41, 5.74) is 4.38. The lowest BCUT2D eigenvalue weighted by atomic mass is 9.57. The van der Waals surface area contributed by atoms with Crippen LogP contribution in [0.5, 0.6) is 0 Å². The molecule has 3 aliphatic carbocycles. The van der Waals surface area contributed by atoms with Crippen molar-refractivity contribution in [2.24, 2.45) is 11.8 Å². The van der Waals surface area contributed by atoms with Crippen molar-refractivity contribution in [3.05, 3.63) is 69.8 Å². The van der Waals surface area contributed by atoms with Crippen molar-refractivity contribution in [2.45, 2.75) is 18.8 Å². The van der Waals surface area contributed by atoms with Gasteiger partial charge in [-0.05, 0) is 29.7 Å². The first-order valence-corrected chi connectivity index (χ1v) is 8.45. The minimum absolute atomic E-state index is 0.0237. The molecule has 2 aromatic carbocycles. The van der Waals surface area contributed by atoms with Gasteiger partial charge in [0.1, 0.15) is 0 Å². The molecular weight excluding hydrogens is 316 g/mol. The van der Waals surface area contributed by atoms with E-state index in [9.17, 15) is 14.4 Å². The van der Waals surface area contributed by atoms with Crippen LogP contribution in [0, 0.1) is 18.8 Å². The Balaban J connectivity index is 1.68. The van der Waals surface area contributed by atoms with Crippen molar-refractivity contribution in [1.82, 2.24) is 0 Å². The monoisotopic (exact) mass is 332 g/mol. The third-order valence-electron chi connectivity index (χ3n) is 6.17. The van der Waals surface area contributed by atoms with Gasteiger partial charge in [0, 0.05) is 34.8 Å². The molecule has 0 amide bonds. The maximum absolute atomic E-state index is 13.1. The van der Waals surface area contributed by atoms with E-state index in [0.29, 0.717) is 11.1 Å². The van der Waals surface area contributed by atoms with Crippen molar-refractivity contribution < 1.29 is 19.1 Å². The molecule has 25 heavy (non-hydrogen) atoms. The average Bonchev–Trinajstić information content (AvgIpc) is 2.96. The van der Waals surface area contributed by atoms with Gasteiger partial charge in [-0.25, -0.2) is 4.79 Å². The smallest absolute Gasteiger partial charge is 0.338 e. The van der Waals surface area contributed by atoms with Gasteiger partial charge in [-0.2, -0.15) is 0 Å². The quantitative estimate of drug-likeness (QED) is 0.752. The molecule has 5 rings (SSSR count). The van der Waals surface area contributed by atoms with Crippen molar-refractivity contribution in [2.75, 3.05) is 7.11 Å². The van der Waals surface area contributed by atoms with Gasteiger partial charge in [-0.3, -0.25) is 9.59 Å². The van der Waals surface area contributed by atoms with Crippen LogP contribution in [0.3, 0.4) is 0 Å². The molecule has 0 aromatic heterocycles. The number of fused-ring (bicyclic) bond motifs is 8. The van der Waals surface area contributed by atoms with E-state index in [1.807, 2.05) is 31.2 Å². The first kappa shape index (κ1) is 14.6. The SMILES string of the molecule is COC(=O)c1cccc2c1C(=O)[C@@H]1[C@H]3c4cccc(C)c4C(=O)[C@H]3[C@@H]21. The van der Waals surface area contributed by atoms with Crippen molar-refractivity contribution in [1.29, 1.82) is 0 Å². The molecule has 3 aliphatic rings. The van der Waals surface area contributed by atoms with E-state index in [1.165, 1.54) is 7.11 Å². The summed E-state index contributed by atoms with van der Waals surface area (Å²) in [6.07, 6.45) is 0. The summed E-state index contributed by atoms with van der Waals surface area (Å²) in [6, 6.07) is 11.1. The Hall–Kier alpha value is -2.75. The van der Waals surface area contributed by atoms with Crippen molar-refractivity contribution >= 4 is 17.5 Å². The molecule has 2 aromatic rings. The molecule has 0 spiro atoms. The number of hydrogen-bond donors (Lipinski definition) is 0. The highest BCUT2D eigenvalue weighted by molar-refractivity contribution is 6.16. The molecule has 1 fully saturated rings. The van der Waals surface area contributed by atoms with Crippen molar-refractivity contribution in [3.8, 4) is 0 Å². The Morgan fingerprint density at radius 2 is 1.40 bits per heavy atom. The van der Waals surface area contributed by atoms with E-state index in [1.54, 1.807) is 12.1 Å². The molecule has 4 atom stereocenters. The summed E-state index contributed by atoms with van der Waals surface area (Å²) in [5, 5.41) is 0. The largest absolute Gasteiger partial charge is 0.465 e. The Bertz CT molecular complexity index is 987. The second-order valence-corrected chi connectivity index (χ2v) is 7.13. The van der Waals surface area contributed by atoms with Crippen LogP contribution in [-0.4, -0.2) is 24.6 Å². The summed E-state index contributed by atoms with van der Waals surface area (Å²) < 4.78 is 4.83. The van der Waals surface area contributed by atoms with Crippen LogP contribution in [0.1, 0.15) is 59.6 Å². The molecule has 0 N–H and O–H groups in total. The zero-order valence-corrected chi connectivity index (χ0v) is 13.9. The number of hydrogen-bond acceptors (Lipinski definition) is 4. The molecule has 0 unspecified atom stereocenters. The minimum atomic E-state index is -0.501. The second-order valence-electron chi connectivity index (χ2n) is 7.13. The van der Waals surface area contributed by atoms with E-state index in [-0.39, 0.29) is 35.2 Å². The number of esters is 1. The van der Waals surface area contributed by atoms with E-state index in [4.69, 9.17) is 4.74 Å². The average molecular weight is 332 g/mol. The summed E-state index contributed by atoms with van der Waals surface area (Å²) in [7, 11) is 1.31. The molecule has 124 valence electrons. The first-order valence-electron chi connectivity index (χ1n) is 8.45. The van der Waals surface area contributed by atoms with Gasteiger partial charge in [0.15, 0.2) is 11.6 Å². The van der Waals surface area contributed by atoms with Crippen LogP contribution in [0.2, 0.25) is 0 Å². The molecule has 4 nitrogen and oxygen atoms in total. The van der Waals surface area contributed by atoms with Gasteiger partial charge in [-0.1, -0.05) is 30.3 Å². The maximum Gasteiger partial charge on any atom is 0.338 e. The number of rotatable bonds is 1. The van der Waals surface area contributed by atoms with Gasteiger partial charge < -0.3 is 4.74 Å². The predicted molar refractivity (Wildman–Crippen MR) is 90.1 cm³/mol. The second kappa shape index (κ2) is 4.66. The lowest BCUT2D eigenvalue weighted by Gasteiger charge is -2.43. The minimum Gasteiger partial charge on any atom is -0.465 e. The number of carbonyl (C=O) groups is 3. The predicted octanol–water partition coefficient (Wildman–Crippen LogP) is 3.29. The van der Waals surface area contributed by atoms with Crippen LogP contribution in [0.15, 0.2) is 36.4 Å². The lowest BCUT2D eigenvalue weighted by Crippen LogP contribution is -2.43. The van der Waals surface area contributed by atoms with Crippen LogP contribution in [-0.2, 0) is 4.74 Å². The van der Waals surface area contributed by atoms with Crippen LogP contribution >= 0.6 is 0 Å². The van der Waals surface area contributed by atoms with Gasteiger partial charge in [0.05, 0.1) is 12.7 Å². The highest BCUT2D eigenvalue weighted by Gasteiger charge is 2.65. The van der Waals surface area contributed by atoms with E-state index in [2.05, 4.69) is 0 Å². The third kappa shape index (κ3) is 1.55. The van der Waals surface area contributed by atoms with Gasteiger partial charge in [0.25, 0.3) is 0 Å². The summed E-state index contributed by atoms with van der Waals surface area (Å²) in [5.74, 6) is -0.974. The van der Waals surface area contributed by atoms with Crippen LogP contribution in [0.4, 0.5) is 0 Å². The molecule has 0 bridgehead atoms. The number of methoxy groups -OCH3 is 1. The number of Topliss-reactive ketones (excluding diaryl/α,β-unsaturated/α-hetero) is 2. The fourth-order valence-electron chi connectivity index (χ4n) is 5.22. The fourth-order valence-corrected chi connectivity index (χ4v) is 5.22. The zero-order chi connectivity index (χ0) is 17.5. The Kier molecular flexibility index (Phi) is 2.72. The molecule has 4 heteroatoms. The standard InChI is InChI=1S/C21H16O4/c1-9-5-3-6-10-13(9)19(22)17-15(10)18-16(17)11-7-4-8-12(21(24)25-2)14(11)20(18)23/h3-8,15-18H,1-2H3/t15-,16+,17+,18+/m0/s1. The lowest BCUT2D eigenvalue weighted by molar-refractivity contribution is 0.0572. The number of ether oxygens (including phenoxy) is 1. The van der Waals surface area contributed by atoms with Gasteiger partial charge >= 0.3 is 5.97 Å². The molecule has 1 saturated carbocycles. The van der Waals surface area contributed by atoms with Gasteiger partial charge in [-0.15, -0.1) is 0 Å². The Morgan fingerprint density at radius 1 is 0.840 bits per heavy atom. The number of carbonyl (C=O) groups excluding carboxylic acids is 3. The fraction of sp³-hybridized carbons (Fsp3) is 0.286. The van der Waals surface area contributed by atoms with E-state index >= 15 is 0 Å². The topological polar surface area (TPSA) is 60.4 Å². The zero-order valence-electron chi connectivity index (χ0n) is 13.9. The molecule has 0 radical (unpaired) electrons. The maximum atomic E-state index is 13.1. The van der Waals surface area contributed by atoms with E-state index < -0.39 is 5.97 Å². The molecular formula is C21H16O4. The highest BCUT2D eigenvalue weighted by Crippen LogP contribution is 2.67. The molecule has 0 aliphatic heterocycles. The normalized spacial score (nSPS) is 27.9. The van der Waals surface area contributed by atoms with Crippen LogP contribution < -0.4 is 0 Å². The number of ketones is 2. The number of benzene rings is 2. The first-order chi connectivity index (χ1) is 12.1. The highest BCUT2D eigenvalue weighted by atomic mass is 16.5. The number of aryl methyl sites for hydroxylation is 1. The van der Waals surface area contributed by atoms with Gasteiger partial charge in [0.2, 0.25) is 0 Å². The van der Waals surface area contributed by atoms with Crippen LogP contribution in [0.25, 0.3) is 0 Å².